The first-order chi connectivity index (χ1) is 7.61. The summed E-state index contributed by atoms with van der Waals surface area (Å²) in [5, 5.41) is 0. The standard InChI is InChI=1S/C14H30N2/c1-4-9-14(3,11-15)12-16-10-7-5-6-8-13(16)2/h13H,4-12,15H2,1-3H3. The summed E-state index contributed by atoms with van der Waals surface area (Å²) in [6.45, 7) is 10.3. The van der Waals surface area contributed by atoms with Crippen molar-refractivity contribution in [1.29, 1.82) is 0 Å². The number of nitrogens with two attached hydrogens (primary N) is 1. The van der Waals surface area contributed by atoms with Crippen molar-refractivity contribution < 1.29 is 0 Å². The van der Waals surface area contributed by atoms with Gasteiger partial charge in [0.25, 0.3) is 0 Å². The van der Waals surface area contributed by atoms with Gasteiger partial charge in [0.1, 0.15) is 0 Å². The largest absolute Gasteiger partial charge is 0.330 e. The van der Waals surface area contributed by atoms with Gasteiger partial charge in [-0.3, -0.25) is 0 Å². The highest BCUT2D eigenvalue weighted by atomic mass is 15.2. The van der Waals surface area contributed by atoms with Crippen LogP contribution in [0.1, 0.15) is 59.3 Å². The summed E-state index contributed by atoms with van der Waals surface area (Å²) in [7, 11) is 0. The highest BCUT2D eigenvalue weighted by Crippen LogP contribution is 2.26. The molecular formula is C14H30N2. The normalized spacial score (nSPS) is 27.4. The minimum Gasteiger partial charge on any atom is -0.330 e. The van der Waals surface area contributed by atoms with Crippen molar-refractivity contribution in [3.8, 4) is 0 Å². The molecule has 0 amide bonds. The molecule has 2 heteroatoms. The van der Waals surface area contributed by atoms with E-state index in [-0.39, 0.29) is 0 Å². The number of nitrogens with zero attached hydrogens (tertiary/aromatic N) is 1. The molecular weight excluding hydrogens is 196 g/mol. The Morgan fingerprint density at radius 1 is 1.31 bits per heavy atom. The minimum atomic E-state index is 0.327. The summed E-state index contributed by atoms with van der Waals surface area (Å²) in [6, 6.07) is 0.755. The molecule has 0 aliphatic carbocycles. The first-order valence-electron chi connectivity index (χ1n) is 7.05. The molecule has 1 saturated heterocycles. The van der Waals surface area contributed by atoms with Gasteiger partial charge in [-0.15, -0.1) is 0 Å². The first-order valence-corrected chi connectivity index (χ1v) is 7.05. The van der Waals surface area contributed by atoms with Gasteiger partial charge in [0.2, 0.25) is 0 Å². The molecule has 0 aromatic rings. The van der Waals surface area contributed by atoms with Crippen LogP contribution in [0.4, 0.5) is 0 Å². The van der Waals surface area contributed by atoms with E-state index in [2.05, 4.69) is 25.7 Å². The van der Waals surface area contributed by atoms with Crippen LogP contribution in [0.3, 0.4) is 0 Å². The molecule has 0 saturated carbocycles. The van der Waals surface area contributed by atoms with E-state index in [0.717, 1.165) is 12.6 Å². The molecule has 0 bridgehead atoms. The fraction of sp³-hybridized carbons (Fsp3) is 1.00. The van der Waals surface area contributed by atoms with E-state index in [0.29, 0.717) is 5.41 Å². The van der Waals surface area contributed by atoms with E-state index in [1.54, 1.807) is 0 Å². The summed E-state index contributed by atoms with van der Waals surface area (Å²) in [6.07, 6.45) is 8.06. The number of hydrogen-bond acceptors (Lipinski definition) is 2. The van der Waals surface area contributed by atoms with Crippen LogP contribution >= 0.6 is 0 Å². The van der Waals surface area contributed by atoms with E-state index in [4.69, 9.17) is 5.73 Å². The van der Waals surface area contributed by atoms with Crippen molar-refractivity contribution in [2.75, 3.05) is 19.6 Å². The lowest BCUT2D eigenvalue weighted by Gasteiger charge is -2.37. The molecule has 16 heavy (non-hydrogen) atoms. The van der Waals surface area contributed by atoms with Crippen molar-refractivity contribution in [3.05, 3.63) is 0 Å². The molecule has 0 radical (unpaired) electrons. The summed E-state index contributed by atoms with van der Waals surface area (Å²) in [4.78, 5) is 2.68. The smallest absolute Gasteiger partial charge is 0.00671 e. The third-order valence-corrected chi connectivity index (χ3v) is 4.12. The molecule has 1 aliphatic rings. The molecule has 1 heterocycles. The van der Waals surface area contributed by atoms with Gasteiger partial charge in [-0.05, 0) is 44.7 Å². The van der Waals surface area contributed by atoms with Crippen LogP contribution in [0.2, 0.25) is 0 Å². The molecule has 0 aromatic carbocycles. The highest BCUT2D eigenvalue weighted by Gasteiger charge is 2.27. The average Bonchev–Trinajstić information content (AvgIpc) is 2.45. The van der Waals surface area contributed by atoms with Gasteiger partial charge in [0.15, 0.2) is 0 Å². The van der Waals surface area contributed by atoms with E-state index in [1.165, 1.54) is 51.6 Å². The van der Waals surface area contributed by atoms with Crippen LogP contribution < -0.4 is 5.73 Å². The minimum absolute atomic E-state index is 0.327. The van der Waals surface area contributed by atoms with Crippen LogP contribution in [0.15, 0.2) is 0 Å². The zero-order chi connectivity index (χ0) is 12.0. The van der Waals surface area contributed by atoms with Crippen molar-refractivity contribution in [2.45, 2.75) is 65.3 Å². The molecule has 2 atom stereocenters. The summed E-state index contributed by atoms with van der Waals surface area (Å²) < 4.78 is 0. The molecule has 2 unspecified atom stereocenters. The lowest BCUT2D eigenvalue weighted by Crippen LogP contribution is -2.44. The molecule has 0 aromatic heterocycles. The highest BCUT2D eigenvalue weighted by molar-refractivity contribution is 4.82. The summed E-state index contributed by atoms with van der Waals surface area (Å²) in [5.74, 6) is 0. The van der Waals surface area contributed by atoms with Crippen molar-refractivity contribution >= 4 is 0 Å². The lowest BCUT2D eigenvalue weighted by molar-refractivity contribution is 0.125. The predicted molar refractivity (Wildman–Crippen MR) is 71.6 cm³/mol. The lowest BCUT2D eigenvalue weighted by atomic mass is 9.84. The Labute approximate surface area is 102 Å². The van der Waals surface area contributed by atoms with Gasteiger partial charge in [0, 0.05) is 12.6 Å². The number of likely N-dealkylation sites (tertiary alicyclic amines) is 1. The van der Waals surface area contributed by atoms with Crippen LogP contribution in [0, 0.1) is 5.41 Å². The second-order valence-corrected chi connectivity index (χ2v) is 5.93. The van der Waals surface area contributed by atoms with E-state index >= 15 is 0 Å². The average molecular weight is 226 g/mol. The van der Waals surface area contributed by atoms with Gasteiger partial charge >= 0.3 is 0 Å². The Morgan fingerprint density at radius 3 is 2.69 bits per heavy atom. The Bertz CT molecular complexity index is 193. The third kappa shape index (κ3) is 4.06. The number of hydrogen-bond donors (Lipinski definition) is 1. The van der Waals surface area contributed by atoms with Crippen LogP contribution in [0.25, 0.3) is 0 Å². The van der Waals surface area contributed by atoms with Gasteiger partial charge < -0.3 is 10.6 Å². The van der Waals surface area contributed by atoms with Crippen LogP contribution in [-0.2, 0) is 0 Å². The Morgan fingerprint density at radius 2 is 2.06 bits per heavy atom. The molecule has 2 nitrogen and oxygen atoms in total. The fourth-order valence-corrected chi connectivity index (χ4v) is 2.91. The van der Waals surface area contributed by atoms with Gasteiger partial charge in [-0.2, -0.15) is 0 Å². The predicted octanol–water partition coefficient (Wildman–Crippen LogP) is 3.02. The quantitative estimate of drug-likeness (QED) is 0.781. The summed E-state index contributed by atoms with van der Waals surface area (Å²) in [5.41, 5.74) is 6.29. The molecule has 1 aliphatic heterocycles. The monoisotopic (exact) mass is 226 g/mol. The molecule has 1 rings (SSSR count). The summed E-state index contributed by atoms with van der Waals surface area (Å²) >= 11 is 0. The Kier molecular flexibility index (Phi) is 5.77. The second-order valence-electron chi connectivity index (χ2n) is 5.93. The van der Waals surface area contributed by atoms with Crippen LogP contribution in [-0.4, -0.2) is 30.6 Å². The van der Waals surface area contributed by atoms with Gasteiger partial charge in [-0.1, -0.05) is 33.1 Å². The topological polar surface area (TPSA) is 29.3 Å². The second kappa shape index (κ2) is 6.61. The van der Waals surface area contributed by atoms with Crippen molar-refractivity contribution in [1.82, 2.24) is 4.90 Å². The molecule has 0 spiro atoms. The zero-order valence-corrected chi connectivity index (χ0v) is 11.5. The zero-order valence-electron chi connectivity index (χ0n) is 11.5. The molecule has 96 valence electrons. The van der Waals surface area contributed by atoms with Gasteiger partial charge in [-0.25, -0.2) is 0 Å². The van der Waals surface area contributed by atoms with Gasteiger partial charge in [0.05, 0.1) is 0 Å². The third-order valence-electron chi connectivity index (χ3n) is 4.12. The van der Waals surface area contributed by atoms with E-state index < -0.39 is 0 Å². The maximum absolute atomic E-state index is 5.97. The molecule has 2 N–H and O–H groups in total. The van der Waals surface area contributed by atoms with E-state index in [9.17, 15) is 0 Å². The Hall–Kier alpha value is -0.0800. The van der Waals surface area contributed by atoms with Crippen LogP contribution in [0.5, 0.6) is 0 Å². The van der Waals surface area contributed by atoms with Crippen molar-refractivity contribution in [3.63, 3.8) is 0 Å². The van der Waals surface area contributed by atoms with Crippen molar-refractivity contribution in [2.24, 2.45) is 11.1 Å². The SMILES string of the molecule is CCCC(C)(CN)CN1CCCCCC1C. The van der Waals surface area contributed by atoms with E-state index in [1.807, 2.05) is 0 Å². The fourth-order valence-electron chi connectivity index (χ4n) is 2.91. The molecule has 1 fully saturated rings. The Balaban J connectivity index is 2.54. The maximum Gasteiger partial charge on any atom is 0.00671 e. The number of rotatable bonds is 5. The first kappa shape index (κ1) is 14.0. The maximum atomic E-state index is 5.97.